The van der Waals surface area contributed by atoms with E-state index in [0.717, 1.165) is 24.3 Å². The number of hydrogen-bond acceptors (Lipinski definition) is 4. The van der Waals surface area contributed by atoms with Crippen molar-refractivity contribution >= 4 is 23.8 Å². The van der Waals surface area contributed by atoms with Crippen LogP contribution in [0, 0.1) is 23.3 Å². The molecule has 0 aliphatic carbocycles. The number of amides is 1. The number of piperidine rings is 1. The van der Waals surface area contributed by atoms with Crippen molar-refractivity contribution in [3.8, 4) is 5.75 Å². The van der Waals surface area contributed by atoms with Gasteiger partial charge in [0.05, 0.1) is 18.7 Å². The summed E-state index contributed by atoms with van der Waals surface area (Å²) in [7, 11) is 3.79. The van der Waals surface area contributed by atoms with Gasteiger partial charge in [0.15, 0.2) is 29.1 Å². The number of benzene rings is 3. The molecule has 202 valence electrons. The summed E-state index contributed by atoms with van der Waals surface area (Å²) in [5, 5.41) is 0. The van der Waals surface area contributed by atoms with E-state index < -0.39 is 35.0 Å². The average molecular weight is 539 g/mol. The number of carbonyl (C=O) groups is 2. The highest BCUT2D eigenvalue weighted by Crippen LogP contribution is 2.27. The number of nitrogens with zero attached hydrogens (tertiary/aromatic N) is 2. The molecule has 1 fully saturated rings. The molecule has 39 heavy (non-hydrogen) atoms. The van der Waals surface area contributed by atoms with Crippen molar-refractivity contribution in [1.82, 2.24) is 9.80 Å². The highest BCUT2D eigenvalue weighted by atomic mass is 19.2. The summed E-state index contributed by atoms with van der Waals surface area (Å²) < 4.78 is 60.4. The highest BCUT2D eigenvalue weighted by molar-refractivity contribution is 6.16. The van der Waals surface area contributed by atoms with E-state index in [1.165, 1.54) is 29.2 Å². The Kier molecular flexibility index (Phi) is 8.61. The number of ketones is 1. The molecule has 0 radical (unpaired) electrons. The fourth-order valence-corrected chi connectivity index (χ4v) is 4.07. The lowest BCUT2D eigenvalue weighted by molar-refractivity contribution is -0.113. The fraction of sp³-hybridized carbons (Fsp3) is 0.200. The van der Waals surface area contributed by atoms with Crippen molar-refractivity contribution in [2.75, 3.05) is 40.3 Å². The molecule has 3 aromatic rings. The van der Waals surface area contributed by atoms with Gasteiger partial charge in [0, 0.05) is 17.7 Å². The molecule has 0 N–H and O–H groups in total. The Morgan fingerprint density at radius 2 is 1.38 bits per heavy atom. The van der Waals surface area contributed by atoms with E-state index in [0.29, 0.717) is 18.9 Å². The molecule has 0 atom stereocenters. The van der Waals surface area contributed by atoms with E-state index in [-0.39, 0.29) is 40.9 Å². The maximum atomic E-state index is 13.8. The number of para-hydroxylation sites is 1. The molecule has 4 rings (SSSR count). The van der Waals surface area contributed by atoms with Crippen LogP contribution in [-0.4, -0.2) is 61.8 Å². The number of Topliss-reactive ketones (excluding diaryl/α,β-unsaturated/α-hetero) is 1. The third kappa shape index (κ3) is 6.80. The minimum Gasteiger partial charge on any atom is -0.491 e. The molecule has 1 amide bonds. The van der Waals surface area contributed by atoms with E-state index in [4.69, 9.17) is 4.74 Å². The second-order valence-electron chi connectivity index (χ2n) is 9.32. The largest absolute Gasteiger partial charge is 0.491 e. The first-order valence-corrected chi connectivity index (χ1v) is 12.1. The molecular weight excluding hydrogens is 512 g/mol. The Balaban J connectivity index is 1.71. The Bertz CT molecular complexity index is 1390. The standard InChI is InChI=1S/C30H26F4N2O3/c1-35(2)11-12-39-28-6-4-3-5-23(28)30(38)36-17-21(13-19-7-9-24(31)26(33)15-19)29(37)22(18-36)14-20-8-10-25(32)27(34)16-20/h3-10,13-16H,11-12,17-18H2,1-2H3. The van der Waals surface area contributed by atoms with Crippen molar-refractivity contribution < 1.29 is 31.9 Å². The number of hydrogen-bond donors (Lipinski definition) is 0. The number of likely N-dealkylation sites (tertiary alicyclic amines) is 1. The summed E-state index contributed by atoms with van der Waals surface area (Å²) >= 11 is 0. The van der Waals surface area contributed by atoms with Crippen LogP contribution in [0.25, 0.3) is 12.2 Å². The Morgan fingerprint density at radius 1 is 0.846 bits per heavy atom. The lowest BCUT2D eigenvalue weighted by Gasteiger charge is -2.30. The van der Waals surface area contributed by atoms with Crippen LogP contribution in [0.1, 0.15) is 21.5 Å². The zero-order valence-corrected chi connectivity index (χ0v) is 21.4. The van der Waals surface area contributed by atoms with Gasteiger partial charge in [-0.2, -0.15) is 0 Å². The first kappa shape index (κ1) is 27.8. The number of rotatable bonds is 7. The van der Waals surface area contributed by atoms with Gasteiger partial charge in [-0.25, -0.2) is 17.6 Å². The van der Waals surface area contributed by atoms with Crippen molar-refractivity contribution in [3.05, 3.63) is 112 Å². The summed E-state index contributed by atoms with van der Waals surface area (Å²) in [6.45, 7) is 0.747. The van der Waals surface area contributed by atoms with Gasteiger partial charge in [0.25, 0.3) is 5.91 Å². The number of likely N-dealkylation sites (N-methyl/N-ethyl adjacent to an activating group) is 1. The van der Waals surface area contributed by atoms with Crippen molar-refractivity contribution in [2.24, 2.45) is 0 Å². The zero-order valence-electron chi connectivity index (χ0n) is 21.4. The van der Waals surface area contributed by atoms with Crippen LogP contribution in [0.2, 0.25) is 0 Å². The monoisotopic (exact) mass is 538 g/mol. The van der Waals surface area contributed by atoms with Crippen LogP contribution in [0.3, 0.4) is 0 Å². The smallest absolute Gasteiger partial charge is 0.258 e. The number of carbonyl (C=O) groups excluding carboxylic acids is 2. The molecule has 0 aromatic heterocycles. The van der Waals surface area contributed by atoms with Crippen LogP contribution in [0.4, 0.5) is 17.6 Å². The van der Waals surface area contributed by atoms with Gasteiger partial charge < -0.3 is 14.5 Å². The molecular formula is C30H26F4N2O3. The average Bonchev–Trinajstić information content (AvgIpc) is 2.90. The van der Waals surface area contributed by atoms with Gasteiger partial charge in [-0.05, 0) is 73.8 Å². The highest BCUT2D eigenvalue weighted by Gasteiger charge is 2.31. The van der Waals surface area contributed by atoms with Crippen molar-refractivity contribution in [2.45, 2.75) is 0 Å². The molecule has 1 saturated heterocycles. The summed E-state index contributed by atoms with van der Waals surface area (Å²) in [4.78, 5) is 30.4. The molecule has 1 heterocycles. The van der Waals surface area contributed by atoms with Crippen LogP contribution in [-0.2, 0) is 4.79 Å². The fourth-order valence-electron chi connectivity index (χ4n) is 4.07. The van der Waals surface area contributed by atoms with Gasteiger partial charge in [0.1, 0.15) is 12.4 Å². The maximum Gasteiger partial charge on any atom is 0.258 e. The normalized spacial score (nSPS) is 15.9. The lowest BCUT2D eigenvalue weighted by atomic mass is 9.93. The predicted molar refractivity (Wildman–Crippen MR) is 140 cm³/mol. The third-order valence-electron chi connectivity index (χ3n) is 6.08. The van der Waals surface area contributed by atoms with Gasteiger partial charge in [0.2, 0.25) is 0 Å². The summed E-state index contributed by atoms with van der Waals surface area (Å²) in [6.07, 6.45) is 2.76. The molecule has 1 aliphatic rings. The Labute approximate surface area is 223 Å². The lowest BCUT2D eigenvalue weighted by Crippen LogP contribution is -2.41. The third-order valence-corrected chi connectivity index (χ3v) is 6.08. The van der Waals surface area contributed by atoms with Crippen molar-refractivity contribution in [1.29, 1.82) is 0 Å². The van der Waals surface area contributed by atoms with E-state index in [9.17, 15) is 27.2 Å². The topological polar surface area (TPSA) is 49.9 Å². The molecule has 0 spiro atoms. The molecule has 0 unspecified atom stereocenters. The van der Waals surface area contributed by atoms with Crippen LogP contribution < -0.4 is 4.74 Å². The predicted octanol–water partition coefficient (Wildman–Crippen LogP) is 5.38. The second-order valence-corrected chi connectivity index (χ2v) is 9.32. The van der Waals surface area contributed by atoms with Gasteiger partial charge in [-0.1, -0.05) is 24.3 Å². The summed E-state index contributed by atoms with van der Waals surface area (Å²) in [6, 6.07) is 13.1. The molecule has 0 saturated carbocycles. The molecule has 0 bridgehead atoms. The first-order valence-electron chi connectivity index (χ1n) is 12.1. The van der Waals surface area contributed by atoms with E-state index in [2.05, 4.69) is 0 Å². The van der Waals surface area contributed by atoms with Gasteiger partial charge in [-0.15, -0.1) is 0 Å². The van der Waals surface area contributed by atoms with Crippen LogP contribution in [0.15, 0.2) is 71.8 Å². The van der Waals surface area contributed by atoms with E-state index in [1.54, 1.807) is 24.3 Å². The zero-order chi connectivity index (χ0) is 28.1. The van der Waals surface area contributed by atoms with Gasteiger partial charge in [-0.3, -0.25) is 9.59 Å². The summed E-state index contributed by atoms with van der Waals surface area (Å²) in [5.41, 5.74) is 1.02. The second kappa shape index (κ2) is 12.1. The number of ether oxygens (including phenoxy) is 1. The molecule has 3 aromatic carbocycles. The summed E-state index contributed by atoms with van der Waals surface area (Å²) in [5.74, 6) is -4.73. The SMILES string of the molecule is CN(C)CCOc1ccccc1C(=O)N1CC(=Cc2ccc(F)c(F)c2)C(=O)C(=Cc2ccc(F)c(F)c2)C1. The minimum absolute atomic E-state index is 0.113. The van der Waals surface area contributed by atoms with Gasteiger partial charge >= 0.3 is 0 Å². The molecule has 1 aliphatic heterocycles. The maximum absolute atomic E-state index is 13.8. The Hall–Kier alpha value is -4.24. The van der Waals surface area contributed by atoms with Crippen molar-refractivity contribution in [3.63, 3.8) is 0 Å². The minimum atomic E-state index is -1.08. The number of halogens is 4. The van der Waals surface area contributed by atoms with E-state index >= 15 is 0 Å². The first-order chi connectivity index (χ1) is 18.6. The Morgan fingerprint density at radius 3 is 1.90 bits per heavy atom. The molecule has 5 nitrogen and oxygen atoms in total. The molecule has 9 heteroatoms. The van der Waals surface area contributed by atoms with Crippen LogP contribution >= 0.6 is 0 Å². The van der Waals surface area contributed by atoms with Crippen LogP contribution in [0.5, 0.6) is 5.75 Å². The quantitative estimate of drug-likeness (QED) is 0.300. The van der Waals surface area contributed by atoms with E-state index in [1.807, 2.05) is 19.0 Å².